The molecule has 0 bridgehead atoms. The van der Waals surface area contributed by atoms with Crippen LogP contribution < -0.4 is 0 Å². The number of carbonyl (C=O) groups is 2. The SMILES string of the molecule is C1CCCCC1.CC.CC.CC1(CN2CCC2=O)CCN(C(=O)OC(C)(C)C)CC1. The third kappa shape index (κ3) is 11.2. The average molecular weight is 427 g/mol. The average Bonchev–Trinajstić information content (AvgIpc) is 2.75. The summed E-state index contributed by atoms with van der Waals surface area (Å²) in [6.07, 6.45) is 11.3. The maximum Gasteiger partial charge on any atom is 0.410 e. The van der Waals surface area contributed by atoms with Crippen molar-refractivity contribution in [3.05, 3.63) is 0 Å². The van der Waals surface area contributed by atoms with Crippen molar-refractivity contribution in [2.24, 2.45) is 5.41 Å². The van der Waals surface area contributed by atoms with Crippen molar-refractivity contribution in [1.29, 1.82) is 0 Å². The van der Waals surface area contributed by atoms with Crippen molar-refractivity contribution in [2.75, 3.05) is 26.2 Å². The minimum absolute atomic E-state index is 0.134. The number of piperidine rings is 1. The molecule has 0 aromatic carbocycles. The Kier molecular flexibility index (Phi) is 14.1. The Morgan fingerprint density at radius 2 is 1.33 bits per heavy atom. The molecule has 3 fully saturated rings. The number of hydrogen-bond acceptors (Lipinski definition) is 3. The van der Waals surface area contributed by atoms with Crippen molar-refractivity contribution < 1.29 is 14.3 Å². The Morgan fingerprint density at radius 1 is 0.900 bits per heavy atom. The lowest BCUT2D eigenvalue weighted by atomic mass is 9.79. The van der Waals surface area contributed by atoms with Gasteiger partial charge in [-0.25, -0.2) is 4.79 Å². The van der Waals surface area contributed by atoms with Crippen LogP contribution in [0.15, 0.2) is 0 Å². The fourth-order valence-corrected chi connectivity index (χ4v) is 3.76. The van der Waals surface area contributed by atoms with Crippen LogP contribution in [-0.2, 0) is 9.53 Å². The minimum Gasteiger partial charge on any atom is -0.444 e. The second kappa shape index (κ2) is 14.7. The van der Waals surface area contributed by atoms with Gasteiger partial charge in [-0.05, 0) is 39.0 Å². The van der Waals surface area contributed by atoms with Gasteiger partial charge in [0.25, 0.3) is 0 Å². The molecule has 0 spiro atoms. The lowest BCUT2D eigenvalue weighted by molar-refractivity contribution is -0.142. The van der Waals surface area contributed by atoms with Crippen LogP contribution in [0.1, 0.15) is 113 Å². The summed E-state index contributed by atoms with van der Waals surface area (Å²) in [4.78, 5) is 27.1. The van der Waals surface area contributed by atoms with Crippen molar-refractivity contribution in [3.8, 4) is 0 Å². The van der Waals surface area contributed by atoms with E-state index in [1.807, 2.05) is 53.4 Å². The predicted octanol–water partition coefficient (Wildman–Crippen LogP) is 6.65. The number of hydrogen-bond donors (Lipinski definition) is 0. The second-order valence-corrected chi connectivity index (χ2v) is 9.46. The Bertz CT molecular complexity index is 462. The highest BCUT2D eigenvalue weighted by Gasteiger charge is 2.37. The molecule has 1 saturated carbocycles. The van der Waals surface area contributed by atoms with E-state index in [9.17, 15) is 9.59 Å². The normalized spacial score (nSPS) is 20.2. The molecule has 178 valence electrons. The summed E-state index contributed by atoms with van der Waals surface area (Å²) in [5.41, 5.74) is -0.309. The van der Waals surface area contributed by atoms with Gasteiger partial charge >= 0.3 is 6.09 Å². The number of rotatable bonds is 2. The Labute approximate surface area is 186 Å². The van der Waals surface area contributed by atoms with Gasteiger partial charge in [0.05, 0.1) is 0 Å². The number of nitrogens with zero attached hydrogens (tertiary/aromatic N) is 2. The van der Waals surface area contributed by atoms with E-state index in [0.717, 1.165) is 25.9 Å². The molecule has 0 radical (unpaired) electrons. The van der Waals surface area contributed by atoms with Crippen LogP contribution in [0.4, 0.5) is 4.79 Å². The molecule has 2 saturated heterocycles. The fraction of sp³-hybridized carbons (Fsp3) is 0.920. The van der Waals surface area contributed by atoms with Gasteiger partial charge in [0.1, 0.15) is 5.60 Å². The van der Waals surface area contributed by atoms with Crippen LogP contribution in [0.2, 0.25) is 0 Å². The minimum atomic E-state index is -0.443. The van der Waals surface area contributed by atoms with Crippen LogP contribution in [0, 0.1) is 5.41 Å². The van der Waals surface area contributed by atoms with E-state index in [0.29, 0.717) is 19.5 Å². The third-order valence-corrected chi connectivity index (χ3v) is 5.64. The molecule has 0 atom stereocenters. The van der Waals surface area contributed by atoms with E-state index < -0.39 is 5.60 Å². The maximum absolute atomic E-state index is 12.0. The highest BCUT2D eigenvalue weighted by atomic mass is 16.6. The van der Waals surface area contributed by atoms with E-state index in [1.165, 1.54) is 38.5 Å². The zero-order chi connectivity index (χ0) is 23.2. The van der Waals surface area contributed by atoms with E-state index in [-0.39, 0.29) is 17.4 Å². The largest absolute Gasteiger partial charge is 0.444 e. The topological polar surface area (TPSA) is 49.9 Å². The lowest BCUT2D eigenvalue weighted by Crippen LogP contribution is -2.52. The van der Waals surface area contributed by atoms with Crippen LogP contribution in [-0.4, -0.2) is 53.6 Å². The van der Waals surface area contributed by atoms with Gasteiger partial charge in [0, 0.05) is 32.6 Å². The Morgan fingerprint density at radius 3 is 1.63 bits per heavy atom. The van der Waals surface area contributed by atoms with Gasteiger partial charge < -0.3 is 14.5 Å². The summed E-state index contributed by atoms with van der Waals surface area (Å²) in [5.74, 6) is 0.265. The molecule has 0 aromatic heterocycles. The molecule has 5 nitrogen and oxygen atoms in total. The maximum atomic E-state index is 12.0. The monoisotopic (exact) mass is 426 g/mol. The quantitative estimate of drug-likeness (QED) is 0.464. The van der Waals surface area contributed by atoms with Gasteiger partial charge in [-0.2, -0.15) is 0 Å². The standard InChI is InChI=1S/C15H26N2O3.C6H12.2C2H6/c1-14(2,3)20-13(19)16-9-6-15(4,7-10-16)11-17-8-5-12(17)18;1-2-4-6-5-3-1;2*1-2/h5-11H2,1-4H3;1-6H2;2*1-2H3. The van der Waals surface area contributed by atoms with E-state index in [1.54, 1.807) is 4.90 Å². The molecule has 1 aliphatic carbocycles. The molecule has 5 heteroatoms. The number of carbonyl (C=O) groups excluding carboxylic acids is 2. The van der Waals surface area contributed by atoms with Gasteiger partial charge in [0.15, 0.2) is 0 Å². The van der Waals surface area contributed by atoms with Crippen molar-refractivity contribution in [2.45, 2.75) is 119 Å². The Hall–Kier alpha value is -1.26. The smallest absolute Gasteiger partial charge is 0.410 e. The summed E-state index contributed by atoms with van der Waals surface area (Å²) >= 11 is 0. The Balaban J connectivity index is 0.000000702. The molecular weight excluding hydrogens is 376 g/mol. The zero-order valence-corrected chi connectivity index (χ0v) is 21.3. The number of amides is 2. The summed E-state index contributed by atoms with van der Waals surface area (Å²) in [7, 11) is 0. The summed E-state index contributed by atoms with van der Waals surface area (Å²) in [6, 6.07) is 0. The third-order valence-electron chi connectivity index (χ3n) is 5.64. The number of likely N-dealkylation sites (tertiary alicyclic amines) is 2. The highest BCUT2D eigenvalue weighted by Crippen LogP contribution is 2.33. The van der Waals surface area contributed by atoms with Gasteiger partial charge in [-0.3, -0.25) is 4.79 Å². The first kappa shape index (κ1) is 28.7. The van der Waals surface area contributed by atoms with Crippen LogP contribution in [0.3, 0.4) is 0 Å². The van der Waals surface area contributed by atoms with Crippen molar-refractivity contribution in [3.63, 3.8) is 0 Å². The molecule has 0 N–H and O–H groups in total. The van der Waals surface area contributed by atoms with Gasteiger partial charge in [-0.1, -0.05) is 73.1 Å². The molecule has 3 aliphatic rings. The molecule has 0 aromatic rings. The van der Waals surface area contributed by atoms with Gasteiger partial charge in [0.2, 0.25) is 5.91 Å². The molecular formula is C25H50N2O3. The van der Waals surface area contributed by atoms with Crippen molar-refractivity contribution in [1.82, 2.24) is 9.80 Å². The molecule has 2 amide bonds. The van der Waals surface area contributed by atoms with Gasteiger partial charge in [-0.15, -0.1) is 0 Å². The van der Waals surface area contributed by atoms with E-state index in [2.05, 4.69) is 6.92 Å². The van der Waals surface area contributed by atoms with Crippen molar-refractivity contribution >= 4 is 12.0 Å². The zero-order valence-electron chi connectivity index (χ0n) is 21.3. The first-order chi connectivity index (χ1) is 14.2. The fourth-order valence-electron chi connectivity index (χ4n) is 3.76. The second-order valence-electron chi connectivity index (χ2n) is 9.46. The van der Waals surface area contributed by atoms with Crippen LogP contribution >= 0.6 is 0 Å². The highest BCUT2D eigenvalue weighted by molar-refractivity contribution is 5.81. The predicted molar refractivity (Wildman–Crippen MR) is 127 cm³/mol. The first-order valence-electron chi connectivity index (χ1n) is 12.4. The number of ether oxygens (including phenoxy) is 1. The van der Waals surface area contributed by atoms with E-state index in [4.69, 9.17) is 4.74 Å². The van der Waals surface area contributed by atoms with E-state index >= 15 is 0 Å². The van der Waals surface area contributed by atoms with Crippen LogP contribution in [0.5, 0.6) is 0 Å². The molecule has 3 rings (SSSR count). The summed E-state index contributed by atoms with van der Waals surface area (Å²) in [5, 5.41) is 0. The van der Waals surface area contributed by atoms with Crippen LogP contribution in [0.25, 0.3) is 0 Å². The number of β-lactam (4-membered cyclic amide) rings is 1. The summed E-state index contributed by atoms with van der Waals surface area (Å²) in [6.45, 7) is 19.0. The first-order valence-corrected chi connectivity index (χ1v) is 12.4. The lowest BCUT2D eigenvalue weighted by Gasteiger charge is -2.44. The molecule has 0 unspecified atom stereocenters. The summed E-state index contributed by atoms with van der Waals surface area (Å²) < 4.78 is 5.40. The molecule has 2 heterocycles. The molecule has 30 heavy (non-hydrogen) atoms. The molecule has 2 aliphatic heterocycles.